The third-order valence-electron chi connectivity index (χ3n) is 2.82. The Bertz CT molecular complexity index is 611. The Balaban J connectivity index is 1.90. The average Bonchev–Trinajstić information content (AvgIpc) is 2.92. The van der Waals surface area contributed by atoms with Crippen LogP contribution in [0.15, 0.2) is 45.3 Å². The van der Waals surface area contributed by atoms with E-state index in [1.807, 2.05) is 24.3 Å². The lowest BCUT2D eigenvalue weighted by molar-refractivity contribution is -0.142. The average molecular weight is 354 g/mol. The predicted molar refractivity (Wildman–Crippen MR) is 80.9 cm³/mol. The third kappa shape index (κ3) is 4.61. The Kier molecular flexibility index (Phi) is 5.41. The van der Waals surface area contributed by atoms with Crippen LogP contribution in [-0.2, 0) is 22.6 Å². The van der Waals surface area contributed by atoms with Gasteiger partial charge in [0.25, 0.3) is 0 Å². The van der Waals surface area contributed by atoms with Gasteiger partial charge >= 0.3 is 5.97 Å². The number of furan rings is 1. The molecule has 1 aromatic carbocycles. The van der Waals surface area contributed by atoms with E-state index in [9.17, 15) is 4.79 Å². The number of methoxy groups -OCH3 is 1. The van der Waals surface area contributed by atoms with Crippen LogP contribution in [0.25, 0.3) is 0 Å². The number of hydrogen-bond acceptors (Lipinski definition) is 5. The van der Waals surface area contributed by atoms with Gasteiger partial charge in [0.05, 0.1) is 7.11 Å². The summed E-state index contributed by atoms with van der Waals surface area (Å²) in [6.07, 6.45) is 0.295. The zero-order valence-electron chi connectivity index (χ0n) is 11.5. The molecule has 1 aromatic heterocycles. The molecule has 0 bridgehead atoms. The molecule has 0 aliphatic heterocycles. The van der Waals surface area contributed by atoms with Gasteiger partial charge in [0, 0.05) is 10.9 Å². The summed E-state index contributed by atoms with van der Waals surface area (Å²) in [5, 5.41) is 0. The van der Waals surface area contributed by atoms with E-state index in [0.717, 1.165) is 10.2 Å². The molecule has 1 unspecified atom stereocenters. The second kappa shape index (κ2) is 7.28. The Labute approximate surface area is 131 Å². The maximum absolute atomic E-state index is 11.2. The summed E-state index contributed by atoms with van der Waals surface area (Å²) in [6.45, 7) is 0.309. The first-order valence-electron chi connectivity index (χ1n) is 6.38. The van der Waals surface area contributed by atoms with Crippen LogP contribution >= 0.6 is 15.9 Å². The highest BCUT2D eigenvalue weighted by molar-refractivity contribution is 9.10. The molecule has 112 valence electrons. The summed E-state index contributed by atoms with van der Waals surface area (Å²) in [6, 6.07) is 10.4. The molecule has 2 aromatic rings. The van der Waals surface area contributed by atoms with Gasteiger partial charge < -0.3 is 19.6 Å². The van der Waals surface area contributed by atoms with E-state index in [0.29, 0.717) is 24.5 Å². The lowest BCUT2D eigenvalue weighted by Gasteiger charge is -2.07. The van der Waals surface area contributed by atoms with Gasteiger partial charge in [-0.15, -0.1) is 0 Å². The summed E-state index contributed by atoms with van der Waals surface area (Å²) in [4.78, 5) is 11.2. The molecule has 0 fully saturated rings. The molecule has 0 spiro atoms. The fourth-order valence-corrected chi connectivity index (χ4v) is 2.15. The summed E-state index contributed by atoms with van der Waals surface area (Å²) < 4.78 is 16.7. The second-order valence-corrected chi connectivity index (χ2v) is 5.36. The molecular weight excluding hydrogens is 338 g/mol. The summed E-state index contributed by atoms with van der Waals surface area (Å²) in [5.74, 6) is 1.58. The number of carbonyl (C=O) groups excluding carboxylic acids is 1. The standard InChI is InChI=1S/C15H16BrNO4/c1-19-15(18)14(17)8-12-5-6-13(21-12)9-20-11-4-2-3-10(16)7-11/h2-7,14H,8-9,17H2,1H3. The van der Waals surface area contributed by atoms with Crippen molar-refractivity contribution in [1.29, 1.82) is 0 Å². The van der Waals surface area contributed by atoms with Gasteiger partial charge in [-0.25, -0.2) is 0 Å². The molecule has 1 heterocycles. The number of ether oxygens (including phenoxy) is 2. The predicted octanol–water partition coefficient (Wildman–Crippen LogP) is 2.66. The third-order valence-corrected chi connectivity index (χ3v) is 3.31. The van der Waals surface area contributed by atoms with Crippen LogP contribution in [0.1, 0.15) is 11.5 Å². The van der Waals surface area contributed by atoms with E-state index in [1.165, 1.54) is 7.11 Å². The highest BCUT2D eigenvalue weighted by Crippen LogP contribution is 2.19. The molecule has 0 saturated heterocycles. The molecule has 5 nitrogen and oxygen atoms in total. The zero-order chi connectivity index (χ0) is 15.2. The topological polar surface area (TPSA) is 74.7 Å². The highest BCUT2D eigenvalue weighted by atomic mass is 79.9. The van der Waals surface area contributed by atoms with Crippen molar-refractivity contribution in [3.05, 3.63) is 52.4 Å². The molecule has 6 heteroatoms. The molecule has 21 heavy (non-hydrogen) atoms. The van der Waals surface area contributed by atoms with Crippen molar-refractivity contribution < 1.29 is 18.7 Å². The number of esters is 1. The van der Waals surface area contributed by atoms with Gasteiger partial charge in [-0.05, 0) is 30.3 Å². The first-order chi connectivity index (χ1) is 10.1. The van der Waals surface area contributed by atoms with Gasteiger partial charge in [-0.1, -0.05) is 22.0 Å². The normalized spacial score (nSPS) is 12.0. The van der Waals surface area contributed by atoms with Crippen molar-refractivity contribution >= 4 is 21.9 Å². The number of carbonyl (C=O) groups is 1. The number of rotatable bonds is 6. The van der Waals surface area contributed by atoms with Crippen molar-refractivity contribution in [2.45, 2.75) is 19.1 Å². The van der Waals surface area contributed by atoms with Gasteiger partial charge in [0.15, 0.2) is 0 Å². The van der Waals surface area contributed by atoms with Crippen molar-refractivity contribution in [2.75, 3.05) is 7.11 Å². The zero-order valence-corrected chi connectivity index (χ0v) is 13.1. The minimum Gasteiger partial charge on any atom is -0.486 e. The van der Waals surface area contributed by atoms with Crippen LogP contribution in [0.3, 0.4) is 0 Å². The van der Waals surface area contributed by atoms with Crippen molar-refractivity contribution in [3.8, 4) is 5.75 Å². The smallest absolute Gasteiger partial charge is 0.323 e. The van der Waals surface area contributed by atoms with Crippen LogP contribution in [0.5, 0.6) is 5.75 Å². The van der Waals surface area contributed by atoms with E-state index in [-0.39, 0.29) is 0 Å². The van der Waals surface area contributed by atoms with Gasteiger partial charge in [-0.2, -0.15) is 0 Å². The van der Waals surface area contributed by atoms with E-state index < -0.39 is 12.0 Å². The number of hydrogen-bond donors (Lipinski definition) is 1. The van der Waals surface area contributed by atoms with Crippen molar-refractivity contribution in [1.82, 2.24) is 0 Å². The van der Waals surface area contributed by atoms with Crippen LogP contribution in [0.4, 0.5) is 0 Å². The number of benzene rings is 1. The molecule has 0 aliphatic carbocycles. The van der Waals surface area contributed by atoms with Crippen molar-refractivity contribution in [2.24, 2.45) is 5.73 Å². The first kappa shape index (κ1) is 15.6. The molecule has 0 saturated carbocycles. The minimum atomic E-state index is -0.722. The van der Waals surface area contributed by atoms with Crippen LogP contribution in [-0.4, -0.2) is 19.1 Å². The van der Waals surface area contributed by atoms with Crippen molar-refractivity contribution in [3.63, 3.8) is 0 Å². The molecule has 0 amide bonds. The maximum atomic E-state index is 11.2. The fourth-order valence-electron chi connectivity index (χ4n) is 1.77. The highest BCUT2D eigenvalue weighted by Gasteiger charge is 2.16. The number of nitrogens with two attached hydrogens (primary N) is 1. The fraction of sp³-hybridized carbons (Fsp3) is 0.267. The number of halogens is 1. The van der Waals surface area contributed by atoms with E-state index in [2.05, 4.69) is 20.7 Å². The Morgan fingerprint density at radius 3 is 2.81 bits per heavy atom. The monoisotopic (exact) mass is 353 g/mol. The largest absolute Gasteiger partial charge is 0.486 e. The molecule has 2 N–H and O–H groups in total. The maximum Gasteiger partial charge on any atom is 0.323 e. The molecule has 0 aliphatic rings. The molecule has 1 atom stereocenters. The summed E-state index contributed by atoms with van der Waals surface area (Å²) in [5.41, 5.74) is 5.68. The Morgan fingerprint density at radius 2 is 2.10 bits per heavy atom. The lowest BCUT2D eigenvalue weighted by atomic mass is 10.2. The molecular formula is C15H16BrNO4. The van der Waals surface area contributed by atoms with Gasteiger partial charge in [-0.3, -0.25) is 4.79 Å². The van der Waals surface area contributed by atoms with Gasteiger partial charge in [0.1, 0.15) is 29.9 Å². The van der Waals surface area contributed by atoms with Crippen LogP contribution < -0.4 is 10.5 Å². The lowest BCUT2D eigenvalue weighted by Crippen LogP contribution is -2.33. The first-order valence-corrected chi connectivity index (χ1v) is 7.17. The molecule has 2 rings (SSSR count). The Hall–Kier alpha value is -1.79. The Morgan fingerprint density at radius 1 is 1.33 bits per heavy atom. The second-order valence-electron chi connectivity index (χ2n) is 4.45. The van der Waals surface area contributed by atoms with E-state index in [1.54, 1.807) is 12.1 Å². The van der Waals surface area contributed by atoms with E-state index in [4.69, 9.17) is 14.9 Å². The summed E-state index contributed by atoms with van der Waals surface area (Å²) in [7, 11) is 1.31. The van der Waals surface area contributed by atoms with Gasteiger partial charge in [0.2, 0.25) is 0 Å². The molecule has 0 radical (unpaired) electrons. The van der Waals surface area contributed by atoms with E-state index >= 15 is 0 Å². The summed E-state index contributed by atoms with van der Waals surface area (Å²) >= 11 is 3.38. The van der Waals surface area contributed by atoms with Crippen LogP contribution in [0, 0.1) is 0 Å². The van der Waals surface area contributed by atoms with Crippen LogP contribution in [0.2, 0.25) is 0 Å². The quantitative estimate of drug-likeness (QED) is 0.808. The minimum absolute atomic E-state index is 0.295. The SMILES string of the molecule is COC(=O)C(N)Cc1ccc(COc2cccc(Br)c2)o1.